The highest BCUT2D eigenvalue weighted by molar-refractivity contribution is 9.10. The van der Waals surface area contributed by atoms with Crippen molar-refractivity contribution in [1.29, 1.82) is 0 Å². The lowest BCUT2D eigenvalue weighted by atomic mass is 9.87. The third-order valence-corrected chi connectivity index (χ3v) is 4.70. The minimum atomic E-state index is -0.175. The van der Waals surface area contributed by atoms with Crippen molar-refractivity contribution in [1.82, 2.24) is 5.32 Å². The maximum absolute atomic E-state index is 11.9. The van der Waals surface area contributed by atoms with Crippen LogP contribution in [0.5, 0.6) is 0 Å². The van der Waals surface area contributed by atoms with Gasteiger partial charge in [0.25, 0.3) is 0 Å². The number of halogens is 1. The van der Waals surface area contributed by atoms with E-state index in [4.69, 9.17) is 0 Å². The van der Waals surface area contributed by atoms with E-state index in [1.807, 2.05) is 24.3 Å². The minimum Gasteiger partial charge on any atom is -0.393 e. The summed E-state index contributed by atoms with van der Waals surface area (Å²) in [5.74, 6) is 0.534. The zero-order valence-corrected chi connectivity index (χ0v) is 13.2. The van der Waals surface area contributed by atoms with Gasteiger partial charge in [0.05, 0.1) is 6.10 Å². The molecule has 1 aliphatic rings. The number of benzene rings is 1. The average Bonchev–Trinajstić information content (AvgIpc) is 2.44. The van der Waals surface area contributed by atoms with Gasteiger partial charge in [-0.05, 0) is 43.2 Å². The largest absolute Gasteiger partial charge is 0.393 e. The van der Waals surface area contributed by atoms with E-state index >= 15 is 0 Å². The van der Waals surface area contributed by atoms with Gasteiger partial charge in [-0.25, -0.2) is 0 Å². The molecule has 2 atom stereocenters. The molecule has 1 amide bonds. The molecule has 0 saturated heterocycles. The van der Waals surface area contributed by atoms with Gasteiger partial charge in [-0.3, -0.25) is 4.79 Å². The topological polar surface area (TPSA) is 49.3 Å². The molecule has 0 unspecified atom stereocenters. The predicted octanol–water partition coefficient (Wildman–Crippen LogP) is 3.05. The summed E-state index contributed by atoms with van der Waals surface area (Å²) < 4.78 is 1.06. The maximum atomic E-state index is 11.9. The summed E-state index contributed by atoms with van der Waals surface area (Å²) in [7, 11) is 0. The average molecular weight is 340 g/mol. The van der Waals surface area contributed by atoms with E-state index in [0.717, 1.165) is 42.1 Å². The second kappa shape index (κ2) is 7.79. The van der Waals surface area contributed by atoms with Crippen molar-refractivity contribution < 1.29 is 9.90 Å². The molecule has 0 radical (unpaired) electrons. The number of aryl methyl sites for hydroxylation is 1. The Morgan fingerprint density at radius 3 is 2.90 bits per heavy atom. The van der Waals surface area contributed by atoms with Crippen molar-refractivity contribution in [3.8, 4) is 0 Å². The summed E-state index contributed by atoms with van der Waals surface area (Å²) in [4.78, 5) is 11.9. The van der Waals surface area contributed by atoms with Crippen LogP contribution in [0.4, 0.5) is 0 Å². The first-order valence-electron chi connectivity index (χ1n) is 7.33. The molecule has 4 heteroatoms. The highest BCUT2D eigenvalue weighted by Gasteiger charge is 2.20. The Kier molecular flexibility index (Phi) is 6.05. The van der Waals surface area contributed by atoms with Crippen LogP contribution in [0.1, 0.15) is 37.7 Å². The smallest absolute Gasteiger partial charge is 0.220 e. The van der Waals surface area contributed by atoms with Gasteiger partial charge in [0.1, 0.15) is 0 Å². The fourth-order valence-corrected chi connectivity index (χ4v) is 3.23. The molecule has 1 fully saturated rings. The molecule has 1 aromatic carbocycles. The molecule has 0 bridgehead atoms. The van der Waals surface area contributed by atoms with Crippen LogP contribution in [0.2, 0.25) is 0 Å². The molecule has 2 rings (SSSR count). The maximum Gasteiger partial charge on any atom is 0.220 e. The lowest BCUT2D eigenvalue weighted by Gasteiger charge is -2.25. The second-order valence-corrected chi connectivity index (χ2v) is 6.44. The Morgan fingerprint density at radius 2 is 2.15 bits per heavy atom. The Morgan fingerprint density at radius 1 is 1.35 bits per heavy atom. The van der Waals surface area contributed by atoms with Gasteiger partial charge in [0.2, 0.25) is 5.91 Å². The monoisotopic (exact) mass is 339 g/mol. The summed E-state index contributed by atoms with van der Waals surface area (Å²) in [6.07, 6.45) is 5.00. The quantitative estimate of drug-likeness (QED) is 0.866. The van der Waals surface area contributed by atoms with E-state index in [0.29, 0.717) is 18.9 Å². The van der Waals surface area contributed by atoms with Gasteiger partial charge in [0.15, 0.2) is 0 Å². The van der Waals surface area contributed by atoms with E-state index in [9.17, 15) is 9.90 Å². The first-order chi connectivity index (χ1) is 9.65. The fourth-order valence-electron chi connectivity index (χ4n) is 2.74. The summed E-state index contributed by atoms with van der Waals surface area (Å²) >= 11 is 3.50. The molecule has 0 heterocycles. The number of aliphatic hydroxyl groups excluding tert-OH is 1. The van der Waals surface area contributed by atoms with Crippen LogP contribution >= 0.6 is 15.9 Å². The molecule has 20 heavy (non-hydrogen) atoms. The molecular weight excluding hydrogens is 318 g/mol. The van der Waals surface area contributed by atoms with Crippen molar-refractivity contribution in [2.24, 2.45) is 5.92 Å². The molecular formula is C16H22BrNO2. The van der Waals surface area contributed by atoms with Crippen molar-refractivity contribution in [3.05, 3.63) is 34.3 Å². The molecule has 1 saturated carbocycles. The number of hydrogen-bond donors (Lipinski definition) is 2. The van der Waals surface area contributed by atoms with Crippen molar-refractivity contribution in [2.45, 2.75) is 44.6 Å². The zero-order chi connectivity index (χ0) is 14.4. The summed E-state index contributed by atoms with van der Waals surface area (Å²) in [5.41, 5.74) is 1.16. The Labute approximate surface area is 128 Å². The number of carbonyl (C=O) groups excluding carboxylic acids is 1. The Balaban J connectivity index is 1.69. The zero-order valence-electron chi connectivity index (χ0n) is 11.6. The molecule has 2 N–H and O–H groups in total. The van der Waals surface area contributed by atoms with Gasteiger partial charge in [0, 0.05) is 17.4 Å². The van der Waals surface area contributed by atoms with Gasteiger partial charge in [-0.2, -0.15) is 0 Å². The van der Waals surface area contributed by atoms with E-state index in [1.165, 1.54) is 0 Å². The lowest BCUT2D eigenvalue weighted by molar-refractivity contribution is -0.121. The Hall–Kier alpha value is -0.870. The fraction of sp³-hybridized carbons (Fsp3) is 0.562. The standard InChI is InChI=1S/C16H22BrNO2/c17-15-7-2-1-5-13(15)8-9-16(20)18-11-12-4-3-6-14(19)10-12/h1-2,5,7,12,14,19H,3-4,6,8-11H2,(H,18,20)/t12-,14-/m0/s1. The predicted molar refractivity (Wildman–Crippen MR) is 83.4 cm³/mol. The highest BCUT2D eigenvalue weighted by Crippen LogP contribution is 2.23. The number of nitrogens with one attached hydrogen (secondary N) is 1. The first kappa shape index (κ1) is 15.5. The van der Waals surface area contributed by atoms with Gasteiger partial charge >= 0.3 is 0 Å². The van der Waals surface area contributed by atoms with Gasteiger partial charge in [-0.15, -0.1) is 0 Å². The van der Waals surface area contributed by atoms with Crippen LogP contribution < -0.4 is 5.32 Å². The van der Waals surface area contributed by atoms with Crippen molar-refractivity contribution >= 4 is 21.8 Å². The number of aliphatic hydroxyl groups is 1. The van der Waals surface area contributed by atoms with Crippen molar-refractivity contribution in [2.75, 3.05) is 6.54 Å². The minimum absolute atomic E-state index is 0.0980. The first-order valence-corrected chi connectivity index (χ1v) is 8.12. The normalized spacial score (nSPS) is 22.5. The molecule has 0 spiro atoms. The molecule has 0 aliphatic heterocycles. The van der Waals surface area contributed by atoms with Crippen LogP contribution in [-0.2, 0) is 11.2 Å². The van der Waals surface area contributed by atoms with Crippen molar-refractivity contribution in [3.63, 3.8) is 0 Å². The Bertz CT molecular complexity index is 450. The van der Waals surface area contributed by atoms with Gasteiger partial charge < -0.3 is 10.4 Å². The van der Waals surface area contributed by atoms with Crippen LogP contribution in [0.15, 0.2) is 28.7 Å². The third-order valence-electron chi connectivity index (χ3n) is 3.92. The van der Waals surface area contributed by atoms with Crippen LogP contribution in [-0.4, -0.2) is 23.7 Å². The summed E-state index contributed by atoms with van der Waals surface area (Å²) in [5, 5.41) is 12.6. The lowest BCUT2D eigenvalue weighted by Crippen LogP contribution is -2.33. The summed E-state index contributed by atoms with van der Waals surface area (Å²) in [6, 6.07) is 8.00. The number of carbonyl (C=O) groups is 1. The van der Waals surface area contributed by atoms with Gasteiger partial charge in [-0.1, -0.05) is 40.5 Å². The van der Waals surface area contributed by atoms with E-state index in [1.54, 1.807) is 0 Å². The van der Waals surface area contributed by atoms with Crippen LogP contribution in [0.25, 0.3) is 0 Å². The highest BCUT2D eigenvalue weighted by atomic mass is 79.9. The molecule has 0 aromatic heterocycles. The van der Waals surface area contributed by atoms with Crippen LogP contribution in [0, 0.1) is 5.92 Å². The van der Waals surface area contributed by atoms with E-state index in [-0.39, 0.29) is 12.0 Å². The molecule has 3 nitrogen and oxygen atoms in total. The number of amides is 1. The SMILES string of the molecule is O=C(CCc1ccccc1Br)NC[C@H]1CCC[C@H](O)C1. The number of hydrogen-bond acceptors (Lipinski definition) is 2. The second-order valence-electron chi connectivity index (χ2n) is 5.58. The summed E-state index contributed by atoms with van der Waals surface area (Å²) in [6.45, 7) is 0.700. The third kappa shape index (κ3) is 4.91. The van der Waals surface area contributed by atoms with E-state index in [2.05, 4.69) is 21.2 Å². The van der Waals surface area contributed by atoms with E-state index < -0.39 is 0 Å². The molecule has 110 valence electrons. The number of rotatable bonds is 5. The molecule has 1 aliphatic carbocycles. The van der Waals surface area contributed by atoms with Crippen LogP contribution in [0.3, 0.4) is 0 Å². The molecule has 1 aromatic rings.